The quantitative estimate of drug-likeness (QED) is 0.486. The van der Waals surface area contributed by atoms with Crippen LogP contribution in [0.4, 0.5) is 0 Å². The second kappa shape index (κ2) is 5.78. The molecule has 0 radical (unpaired) electrons. The molecule has 2 aliphatic rings. The molecule has 10 heteroatoms. The number of Topliss-reactive ketones (excluding diaryl/α,β-unsaturated/α-hetero) is 1. The number of piperidine rings is 1. The Balaban J connectivity index is 2.67. The molecule has 0 saturated carbocycles. The standard InChI is InChI=1S/C13H17N3O7/c1-9(18)6-10-12(15(20)21)3-2-11(19)13(10,16(22)23)8-14(7-12)4-5-17/h2-3,10,17H,4-8H2,1H3. The summed E-state index contributed by atoms with van der Waals surface area (Å²) < 4.78 is 0. The van der Waals surface area contributed by atoms with Crippen LogP contribution in [0.1, 0.15) is 13.3 Å². The van der Waals surface area contributed by atoms with Gasteiger partial charge in [-0.15, -0.1) is 0 Å². The average Bonchev–Trinajstić information content (AvgIpc) is 2.44. The third-order valence-corrected chi connectivity index (χ3v) is 4.64. The number of carbonyl (C=O) groups excluding carboxylic acids is 2. The molecule has 0 aromatic rings. The van der Waals surface area contributed by atoms with Gasteiger partial charge in [0.2, 0.25) is 5.78 Å². The van der Waals surface area contributed by atoms with Crippen LogP contribution >= 0.6 is 0 Å². The Labute approximate surface area is 131 Å². The zero-order chi connectivity index (χ0) is 17.4. The molecule has 1 N–H and O–H groups in total. The highest BCUT2D eigenvalue weighted by Crippen LogP contribution is 2.45. The lowest BCUT2D eigenvalue weighted by Crippen LogP contribution is -2.75. The van der Waals surface area contributed by atoms with E-state index in [-0.39, 0.29) is 26.2 Å². The van der Waals surface area contributed by atoms with Crippen LogP contribution in [0.3, 0.4) is 0 Å². The van der Waals surface area contributed by atoms with Gasteiger partial charge in [-0.25, -0.2) is 0 Å². The summed E-state index contributed by atoms with van der Waals surface area (Å²) in [6.45, 7) is 0.246. The normalized spacial score (nSPS) is 33.5. The van der Waals surface area contributed by atoms with Gasteiger partial charge in [-0.05, 0) is 19.1 Å². The first kappa shape index (κ1) is 17.2. The first-order valence-corrected chi connectivity index (χ1v) is 7.06. The molecule has 23 heavy (non-hydrogen) atoms. The first-order chi connectivity index (χ1) is 10.7. The summed E-state index contributed by atoms with van der Waals surface area (Å²) >= 11 is 0. The summed E-state index contributed by atoms with van der Waals surface area (Å²) in [6.07, 6.45) is 1.53. The SMILES string of the molecule is CC(=O)CC1C2([N+](=O)[O-])C=CC(=O)C1([N+](=O)[O-])CN(CCO)C2. The number of carbonyl (C=O) groups is 2. The van der Waals surface area contributed by atoms with Crippen LogP contribution < -0.4 is 0 Å². The summed E-state index contributed by atoms with van der Waals surface area (Å²) in [5.41, 5.74) is -4.15. The molecule has 126 valence electrons. The number of aliphatic hydroxyl groups is 1. The van der Waals surface area contributed by atoms with E-state index >= 15 is 0 Å². The van der Waals surface area contributed by atoms with Crippen molar-refractivity contribution in [1.82, 2.24) is 4.90 Å². The molecule has 0 aromatic carbocycles. The highest BCUT2D eigenvalue weighted by atomic mass is 16.6. The van der Waals surface area contributed by atoms with Crippen LogP contribution in [0.5, 0.6) is 0 Å². The summed E-state index contributed by atoms with van der Waals surface area (Å²) in [6, 6.07) is 0. The number of likely N-dealkylation sites (tertiary alicyclic amines) is 1. The van der Waals surface area contributed by atoms with Gasteiger partial charge >= 0.3 is 5.54 Å². The average molecular weight is 327 g/mol. The molecule has 2 rings (SSSR count). The van der Waals surface area contributed by atoms with E-state index in [0.29, 0.717) is 0 Å². The second-order valence-electron chi connectivity index (χ2n) is 6.02. The van der Waals surface area contributed by atoms with Gasteiger partial charge in [0.1, 0.15) is 11.7 Å². The molecule has 0 amide bonds. The Hall–Kier alpha value is -2.20. The van der Waals surface area contributed by atoms with Gasteiger partial charge in [0.05, 0.1) is 19.7 Å². The monoisotopic (exact) mass is 327 g/mol. The molecular weight excluding hydrogens is 310 g/mol. The van der Waals surface area contributed by atoms with Crippen LogP contribution in [0.2, 0.25) is 0 Å². The molecule has 10 nitrogen and oxygen atoms in total. The predicted molar refractivity (Wildman–Crippen MR) is 75.9 cm³/mol. The van der Waals surface area contributed by atoms with Gasteiger partial charge in [0.15, 0.2) is 0 Å². The number of fused-ring (bicyclic) bond motifs is 2. The smallest absolute Gasteiger partial charge is 0.305 e. The molecule has 3 unspecified atom stereocenters. The highest BCUT2D eigenvalue weighted by Gasteiger charge is 2.73. The fourth-order valence-corrected chi connectivity index (χ4v) is 3.63. The number of nitro groups is 2. The number of β-amino-alcohol motifs (C(OH)–C–C–N with tert-alkyl or cyclic N) is 1. The Kier molecular flexibility index (Phi) is 4.31. The van der Waals surface area contributed by atoms with Gasteiger partial charge in [-0.1, -0.05) is 0 Å². The van der Waals surface area contributed by atoms with Crippen molar-refractivity contribution >= 4 is 11.6 Å². The van der Waals surface area contributed by atoms with Crippen molar-refractivity contribution < 1.29 is 24.5 Å². The van der Waals surface area contributed by atoms with E-state index in [4.69, 9.17) is 5.11 Å². The number of ketones is 2. The van der Waals surface area contributed by atoms with Gasteiger partial charge in [0, 0.05) is 22.8 Å². The van der Waals surface area contributed by atoms with Crippen molar-refractivity contribution in [2.45, 2.75) is 24.4 Å². The number of hydrogen-bond acceptors (Lipinski definition) is 8. The van der Waals surface area contributed by atoms with Gasteiger partial charge in [0.25, 0.3) is 5.54 Å². The third-order valence-electron chi connectivity index (χ3n) is 4.64. The van der Waals surface area contributed by atoms with Crippen LogP contribution in [-0.4, -0.2) is 68.7 Å². The van der Waals surface area contributed by atoms with Crippen molar-refractivity contribution in [1.29, 1.82) is 0 Å². The summed E-state index contributed by atoms with van der Waals surface area (Å²) in [4.78, 5) is 47.2. The van der Waals surface area contributed by atoms with Crippen LogP contribution in [0, 0.1) is 26.1 Å². The van der Waals surface area contributed by atoms with Crippen molar-refractivity contribution in [3.8, 4) is 0 Å². The summed E-state index contributed by atoms with van der Waals surface area (Å²) in [7, 11) is 0. The molecule has 0 aromatic heterocycles. The molecule has 2 bridgehead atoms. The lowest BCUT2D eigenvalue weighted by Gasteiger charge is -2.47. The maximum absolute atomic E-state index is 12.3. The fraction of sp³-hybridized carbons (Fsp3) is 0.692. The Morgan fingerprint density at radius 3 is 2.52 bits per heavy atom. The second-order valence-corrected chi connectivity index (χ2v) is 6.02. The van der Waals surface area contributed by atoms with Crippen molar-refractivity contribution in [3.05, 3.63) is 32.4 Å². The van der Waals surface area contributed by atoms with E-state index in [2.05, 4.69) is 0 Å². The number of rotatable bonds is 6. The molecule has 1 aliphatic carbocycles. The predicted octanol–water partition coefficient (Wildman–Crippen LogP) is -0.940. The number of hydrogen-bond donors (Lipinski definition) is 1. The zero-order valence-corrected chi connectivity index (χ0v) is 12.5. The van der Waals surface area contributed by atoms with Gasteiger partial charge in [-0.3, -0.25) is 29.9 Å². The molecule has 1 fully saturated rings. The fourth-order valence-electron chi connectivity index (χ4n) is 3.63. The highest BCUT2D eigenvalue weighted by molar-refractivity contribution is 5.99. The van der Waals surface area contributed by atoms with Gasteiger partial charge in [-0.2, -0.15) is 0 Å². The minimum Gasteiger partial charge on any atom is -0.395 e. The summed E-state index contributed by atoms with van der Waals surface area (Å²) in [5, 5.41) is 32.5. The van der Waals surface area contributed by atoms with E-state index in [1.54, 1.807) is 0 Å². The minimum absolute atomic E-state index is 0.0287. The molecule has 1 heterocycles. The topological polar surface area (TPSA) is 144 Å². The van der Waals surface area contributed by atoms with Crippen molar-refractivity contribution in [2.75, 3.05) is 26.2 Å². The third kappa shape index (κ3) is 2.43. The van der Waals surface area contributed by atoms with E-state index in [1.165, 1.54) is 11.8 Å². The Morgan fingerprint density at radius 2 is 2.04 bits per heavy atom. The zero-order valence-electron chi connectivity index (χ0n) is 12.5. The Morgan fingerprint density at radius 1 is 1.39 bits per heavy atom. The van der Waals surface area contributed by atoms with Crippen molar-refractivity contribution in [3.63, 3.8) is 0 Å². The number of aliphatic hydroxyl groups excluding tert-OH is 1. The van der Waals surface area contributed by atoms with E-state index < -0.39 is 44.8 Å². The maximum Gasteiger partial charge on any atom is 0.305 e. The Bertz CT molecular complexity index is 604. The number of nitrogens with zero attached hydrogens (tertiary/aromatic N) is 3. The molecular formula is C13H17N3O7. The molecule has 1 saturated heterocycles. The first-order valence-electron chi connectivity index (χ1n) is 7.06. The van der Waals surface area contributed by atoms with Crippen LogP contribution in [0.25, 0.3) is 0 Å². The maximum atomic E-state index is 12.3. The summed E-state index contributed by atoms with van der Waals surface area (Å²) in [5.74, 6) is -2.66. The lowest BCUT2D eigenvalue weighted by atomic mass is 9.61. The van der Waals surface area contributed by atoms with Gasteiger partial charge < -0.3 is 9.90 Å². The van der Waals surface area contributed by atoms with Crippen molar-refractivity contribution in [2.24, 2.45) is 5.92 Å². The molecule has 3 atom stereocenters. The van der Waals surface area contributed by atoms with Crippen LogP contribution in [0.15, 0.2) is 12.2 Å². The largest absolute Gasteiger partial charge is 0.395 e. The van der Waals surface area contributed by atoms with E-state index in [9.17, 15) is 29.8 Å². The minimum atomic E-state index is -2.25. The van der Waals surface area contributed by atoms with E-state index in [0.717, 1.165) is 12.2 Å². The van der Waals surface area contributed by atoms with Crippen LogP contribution in [-0.2, 0) is 9.59 Å². The lowest BCUT2D eigenvalue weighted by molar-refractivity contribution is -0.623. The molecule has 1 aliphatic heterocycles. The van der Waals surface area contributed by atoms with E-state index in [1.807, 2.05) is 0 Å². The molecule has 0 spiro atoms.